The minimum atomic E-state index is 0. The number of rotatable bonds is 7. The number of halogens is 1. The molecule has 0 heterocycles. The summed E-state index contributed by atoms with van der Waals surface area (Å²) >= 11 is 0. The Labute approximate surface area is 129 Å². The predicted molar refractivity (Wildman–Crippen MR) is 73.7 cm³/mol. The van der Waals surface area contributed by atoms with Crippen molar-refractivity contribution in [2.24, 2.45) is 0 Å². The van der Waals surface area contributed by atoms with Crippen LogP contribution in [-0.2, 0) is 6.42 Å². The zero-order valence-electron chi connectivity index (χ0n) is 11.1. The smallest absolute Gasteiger partial charge is 1.00 e. The Hall–Kier alpha value is 0.146. The van der Waals surface area contributed by atoms with Crippen LogP contribution in [0, 0.1) is 6.92 Å². The molecule has 0 atom stereocenters. The molecule has 1 aromatic rings. The van der Waals surface area contributed by atoms with Crippen molar-refractivity contribution in [1.82, 2.24) is 0 Å². The van der Waals surface area contributed by atoms with Gasteiger partial charge >= 0.3 is 23.1 Å². The van der Waals surface area contributed by atoms with E-state index < -0.39 is 0 Å². The molecule has 0 aliphatic carbocycles. The van der Waals surface area contributed by atoms with Crippen LogP contribution in [0.3, 0.4) is 0 Å². The van der Waals surface area contributed by atoms with Crippen molar-refractivity contribution in [3.8, 4) is 0 Å². The summed E-state index contributed by atoms with van der Waals surface area (Å²) in [4.78, 5) is 0. The van der Waals surface area contributed by atoms with Crippen LogP contribution in [0.15, 0.2) is 24.3 Å². The molecule has 0 radical (unpaired) electrons. The normalized spacial score (nSPS) is 9.24. The van der Waals surface area contributed by atoms with Gasteiger partial charge in [0.15, 0.2) is 0 Å². The van der Waals surface area contributed by atoms with E-state index in [4.69, 9.17) is 0 Å². The van der Waals surface area contributed by atoms with Gasteiger partial charge in [-0.05, 0) is 0 Å². The van der Waals surface area contributed by atoms with Crippen molar-refractivity contribution in [3.05, 3.63) is 42.3 Å². The molecule has 92 valence electrons. The van der Waals surface area contributed by atoms with Crippen LogP contribution in [0.1, 0.15) is 56.6 Å². The Balaban J connectivity index is 0. The molecule has 1 rings (SSSR count). The van der Waals surface area contributed by atoms with Crippen LogP contribution >= 0.6 is 0 Å². The fourth-order valence-corrected chi connectivity index (χ4v) is 1.90. The SMILES string of the molecule is [CH2-]c1ccccc1CCCCCCCC.[Cl-].[Mg+2]. The molecule has 0 bridgehead atoms. The van der Waals surface area contributed by atoms with E-state index in [1.54, 1.807) is 0 Å². The third-order valence-electron chi connectivity index (χ3n) is 2.92. The van der Waals surface area contributed by atoms with E-state index in [0.717, 1.165) is 0 Å². The molecule has 0 spiro atoms. The Morgan fingerprint density at radius 3 is 2.18 bits per heavy atom. The minimum Gasteiger partial charge on any atom is -1.00 e. The first-order valence-electron chi connectivity index (χ1n) is 6.24. The number of hydrogen-bond acceptors (Lipinski definition) is 0. The molecule has 0 N–H and O–H groups in total. The first-order chi connectivity index (χ1) is 7.34. The van der Waals surface area contributed by atoms with Gasteiger partial charge in [0, 0.05) is 0 Å². The maximum atomic E-state index is 4.05. The summed E-state index contributed by atoms with van der Waals surface area (Å²) in [6.07, 6.45) is 9.42. The van der Waals surface area contributed by atoms with Crippen molar-refractivity contribution in [2.45, 2.75) is 51.9 Å². The Morgan fingerprint density at radius 2 is 1.53 bits per heavy atom. The minimum absolute atomic E-state index is 0. The van der Waals surface area contributed by atoms with Crippen LogP contribution in [-0.4, -0.2) is 23.1 Å². The van der Waals surface area contributed by atoms with Gasteiger partial charge in [0.1, 0.15) is 0 Å². The first-order valence-corrected chi connectivity index (χ1v) is 6.24. The van der Waals surface area contributed by atoms with Gasteiger partial charge in [0.25, 0.3) is 0 Å². The van der Waals surface area contributed by atoms with Gasteiger partial charge in [0.2, 0.25) is 0 Å². The molecule has 0 aliphatic heterocycles. The van der Waals surface area contributed by atoms with Gasteiger partial charge in [-0.1, -0.05) is 57.9 Å². The number of unbranched alkanes of at least 4 members (excludes halogenated alkanes) is 5. The van der Waals surface area contributed by atoms with Gasteiger partial charge in [-0.25, -0.2) is 0 Å². The molecule has 0 saturated carbocycles. The summed E-state index contributed by atoms with van der Waals surface area (Å²) in [5, 5.41) is 0. The van der Waals surface area contributed by atoms with Crippen LogP contribution < -0.4 is 12.4 Å². The van der Waals surface area contributed by atoms with Crippen LogP contribution in [0.2, 0.25) is 0 Å². The number of benzene rings is 1. The average molecular weight is 263 g/mol. The monoisotopic (exact) mass is 262 g/mol. The molecular formula is C15H23ClMg. The standard InChI is InChI=1S/C15H23.ClH.Mg/c1-3-4-5-6-7-8-12-15-13-10-9-11-14(15)2;;/h9-11,13H,2-8,12H2,1H3;1H;/q-1;;+2/p-1. The second kappa shape index (κ2) is 12.6. The zero-order valence-corrected chi connectivity index (χ0v) is 13.2. The number of aryl methyl sites for hydroxylation is 1. The van der Waals surface area contributed by atoms with Gasteiger partial charge in [0.05, 0.1) is 0 Å². The van der Waals surface area contributed by atoms with E-state index in [1.807, 2.05) is 0 Å². The van der Waals surface area contributed by atoms with Crippen LogP contribution in [0.4, 0.5) is 0 Å². The fourth-order valence-electron chi connectivity index (χ4n) is 1.90. The average Bonchev–Trinajstić information content (AvgIpc) is 2.25. The van der Waals surface area contributed by atoms with E-state index in [9.17, 15) is 0 Å². The van der Waals surface area contributed by atoms with E-state index >= 15 is 0 Å². The van der Waals surface area contributed by atoms with Gasteiger partial charge < -0.3 is 12.4 Å². The third-order valence-corrected chi connectivity index (χ3v) is 2.92. The maximum absolute atomic E-state index is 4.05. The second-order valence-corrected chi connectivity index (χ2v) is 4.29. The summed E-state index contributed by atoms with van der Waals surface area (Å²) in [5.74, 6) is 0. The molecule has 0 aliphatic rings. The van der Waals surface area contributed by atoms with Gasteiger partial charge in [-0.3, -0.25) is 0 Å². The largest absolute Gasteiger partial charge is 2.00 e. The zero-order chi connectivity index (χ0) is 10.9. The van der Waals surface area contributed by atoms with Gasteiger partial charge in [-0.15, -0.1) is 17.7 Å². The molecule has 17 heavy (non-hydrogen) atoms. The Morgan fingerprint density at radius 1 is 0.941 bits per heavy atom. The third kappa shape index (κ3) is 8.81. The van der Waals surface area contributed by atoms with E-state index in [1.165, 1.54) is 56.1 Å². The summed E-state index contributed by atoms with van der Waals surface area (Å²) < 4.78 is 0. The number of hydrogen-bond donors (Lipinski definition) is 0. The summed E-state index contributed by atoms with van der Waals surface area (Å²) in [7, 11) is 0. The summed E-state index contributed by atoms with van der Waals surface area (Å²) in [6.45, 7) is 6.31. The maximum Gasteiger partial charge on any atom is 2.00 e. The topological polar surface area (TPSA) is 0 Å². The van der Waals surface area contributed by atoms with Crippen molar-refractivity contribution in [2.75, 3.05) is 0 Å². The molecule has 0 fully saturated rings. The molecule has 1 aromatic carbocycles. The fraction of sp³-hybridized carbons (Fsp3) is 0.533. The van der Waals surface area contributed by atoms with E-state index in [0.29, 0.717) is 0 Å². The molecule has 0 amide bonds. The molecule has 0 nitrogen and oxygen atoms in total. The van der Waals surface area contributed by atoms with Crippen molar-refractivity contribution in [3.63, 3.8) is 0 Å². The quantitative estimate of drug-likeness (QED) is 0.396. The molecule has 0 unspecified atom stereocenters. The van der Waals surface area contributed by atoms with Crippen LogP contribution in [0.5, 0.6) is 0 Å². The molecule has 0 aromatic heterocycles. The van der Waals surface area contributed by atoms with E-state index in [-0.39, 0.29) is 35.5 Å². The Kier molecular flexibility index (Phi) is 14.4. The van der Waals surface area contributed by atoms with Gasteiger partial charge in [-0.2, -0.15) is 18.6 Å². The van der Waals surface area contributed by atoms with Crippen molar-refractivity contribution < 1.29 is 12.4 Å². The Bertz CT molecular complexity index is 273. The van der Waals surface area contributed by atoms with Crippen molar-refractivity contribution >= 4 is 23.1 Å². The summed E-state index contributed by atoms with van der Waals surface area (Å²) in [5.41, 5.74) is 2.62. The molecule has 2 heteroatoms. The van der Waals surface area contributed by atoms with E-state index in [2.05, 4.69) is 38.1 Å². The molecular weight excluding hydrogens is 240 g/mol. The second-order valence-electron chi connectivity index (χ2n) is 4.29. The summed E-state index contributed by atoms with van der Waals surface area (Å²) in [6, 6.07) is 8.48. The van der Waals surface area contributed by atoms with Crippen molar-refractivity contribution in [1.29, 1.82) is 0 Å². The molecule has 0 saturated heterocycles. The predicted octanol–water partition coefficient (Wildman–Crippen LogP) is 1.39. The first kappa shape index (κ1) is 19.5. The van der Waals surface area contributed by atoms with Crippen LogP contribution in [0.25, 0.3) is 0 Å².